The lowest BCUT2D eigenvalue weighted by Crippen LogP contribution is -2.40. The van der Waals surface area contributed by atoms with E-state index in [0.717, 1.165) is 24.3 Å². The molecule has 0 aromatic heterocycles. The first kappa shape index (κ1) is 14.0. The van der Waals surface area contributed by atoms with Gasteiger partial charge < -0.3 is 5.32 Å². The number of rotatable bonds is 5. The lowest BCUT2D eigenvalue weighted by atomic mass is 9.96. The van der Waals surface area contributed by atoms with Gasteiger partial charge >= 0.3 is 6.03 Å². The van der Waals surface area contributed by atoms with Gasteiger partial charge in [0.05, 0.1) is 0 Å². The van der Waals surface area contributed by atoms with Crippen molar-refractivity contribution in [1.29, 1.82) is 0 Å². The van der Waals surface area contributed by atoms with Crippen LogP contribution in [0.4, 0.5) is 4.79 Å². The van der Waals surface area contributed by atoms with Gasteiger partial charge in [-0.25, -0.2) is 8.51 Å². The van der Waals surface area contributed by atoms with Crippen molar-refractivity contribution in [2.45, 2.75) is 52.0 Å². The summed E-state index contributed by atoms with van der Waals surface area (Å²) in [6.07, 6.45) is 6.13. The summed E-state index contributed by atoms with van der Waals surface area (Å²) in [6.45, 7) is 4.14. The fourth-order valence-corrected chi connectivity index (χ4v) is 3.60. The van der Waals surface area contributed by atoms with Gasteiger partial charge in [0, 0.05) is 17.5 Å². The minimum absolute atomic E-state index is 0.0746. The molecule has 1 saturated carbocycles. The number of carbonyl (C=O) groups is 1. The van der Waals surface area contributed by atoms with Gasteiger partial charge in [0.1, 0.15) is 0 Å². The molecule has 5 heteroatoms. The number of amides is 2. The zero-order chi connectivity index (χ0) is 11.8. The topological polar surface area (TPSA) is 32.3 Å². The van der Waals surface area contributed by atoms with Crippen molar-refractivity contribution >= 4 is 29.9 Å². The van der Waals surface area contributed by atoms with Gasteiger partial charge in [0.15, 0.2) is 0 Å². The highest BCUT2D eigenvalue weighted by Gasteiger charge is 2.19. The van der Waals surface area contributed by atoms with E-state index in [0.29, 0.717) is 6.04 Å². The highest BCUT2D eigenvalue weighted by atomic mass is 32.2. The zero-order valence-electron chi connectivity index (χ0n) is 10.2. The van der Waals surface area contributed by atoms with Gasteiger partial charge in [-0.3, -0.25) is 0 Å². The molecule has 0 saturated heterocycles. The Morgan fingerprint density at radius 1 is 1.19 bits per heavy atom. The molecule has 1 rings (SSSR count). The van der Waals surface area contributed by atoms with Crippen LogP contribution < -0.4 is 5.32 Å². The molecule has 0 aromatic carbocycles. The Morgan fingerprint density at radius 2 is 1.75 bits per heavy atom. The molecule has 16 heavy (non-hydrogen) atoms. The Balaban J connectivity index is 2.34. The van der Waals surface area contributed by atoms with Crippen LogP contribution >= 0.6 is 23.9 Å². The average molecular weight is 262 g/mol. The lowest BCUT2D eigenvalue weighted by molar-refractivity contribution is 0.230. The van der Waals surface area contributed by atoms with Crippen molar-refractivity contribution in [1.82, 2.24) is 9.03 Å². The Hall–Kier alpha value is -0.0300. The first-order valence-corrected chi connectivity index (χ1v) is 8.02. The molecule has 0 aliphatic heterocycles. The second-order valence-corrected chi connectivity index (χ2v) is 6.51. The molecule has 2 amide bonds. The van der Waals surface area contributed by atoms with E-state index in [1.165, 1.54) is 19.3 Å². The SMILES string of the molecule is CCSN(SCC)C(=O)NC1CCCCC1. The van der Waals surface area contributed by atoms with Gasteiger partial charge in [-0.2, -0.15) is 0 Å². The molecule has 0 aromatic rings. The van der Waals surface area contributed by atoms with Gasteiger partial charge in [-0.1, -0.05) is 33.1 Å². The fraction of sp³-hybridized carbons (Fsp3) is 0.909. The van der Waals surface area contributed by atoms with Crippen LogP contribution in [0.25, 0.3) is 0 Å². The molecular formula is C11H22N2OS2. The minimum atomic E-state index is 0.0746. The van der Waals surface area contributed by atoms with Crippen LogP contribution in [0.15, 0.2) is 0 Å². The van der Waals surface area contributed by atoms with Crippen LogP contribution in [0.2, 0.25) is 0 Å². The maximum Gasteiger partial charge on any atom is 0.338 e. The quantitative estimate of drug-likeness (QED) is 0.767. The van der Waals surface area contributed by atoms with E-state index in [1.807, 2.05) is 0 Å². The monoisotopic (exact) mass is 262 g/mol. The molecule has 94 valence electrons. The Kier molecular flexibility index (Phi) is 7.12. The maximum atomic E-state index is 12.0. The number of nitrogens with zero attached hydrogens (tertiary/aromatic N) is 1. The van der Waals surface area contributed by atoms with Gasteiger partial charge in [-0.05, 0) is 36.7 Å². The van der Waals surface area contributed by atoms with E-state index in [1.54, 1.807) is 27.6 Å². The molecular weight excluding hydrogens is 240 g/mol. The predicted octanol–water partition coefficient (Wildman–Crippen LogP) is 3.67. The molecule has 0 heterocycles. The second-order valence-electron chi connectivity index (χ2n) is 3.88. The largest absolute Gasteiger partial charge is 0.338 e. The Morgan fingerprint density at radius 3 is 2.25 bits per heavy atom. The van der Waals surface area contributed by atoms with E-state index >= 15 is 0 Å². The molecule has 1 aliphatic carbocycles. The lowest BCUT2D eigenvalue weighted by Gasteiger charge is -2.26. The maximum absolute atomic E-state index is 12.0. The van der Waals surface area contributed by atoms with Crippen LogP contribution in [0.3, 0.4) is 0 Å². The number of carbonyl (C=O) groups excluding carboxylic acids is 1. The predicted molar refractivity (Wildman–Crippen MR) is 73.5 cm³/mol. The van der Waals surface area contributed by atoms with Crippen molar-refractivity contribution < 1.29 is 4.79 Å². The molecule has 3 nitrogen and oxygen atoms in total. The van der Waals surface area contributed by atoms with Crippen molar-refractivity contribution in [2.24, 2.45) is 0 Å². The first-order valence-electron chi connectivity index (χ1n) is 6.14. The fourth-order valence-electron chi connectivity index (χ4n) is 1.86. The van der Waals surface area contributed by atoms with Crippen LogP contribution in [0, 0.1) is 0 Å². The van der Waals surface area contributed by atoms with Gasteiger partial charge in [0.25, 0.3) is 0 Å². The highest BCUT2D eigenvalue weighted by molar-refractivity contribution is 8.12. The van der Waals surface area contributed by atoms with Crippen molar-refractivity contribution in [2.75, 3.05) is 11.5 Å². The summed E-state index contributed by atoms with van der Waals surface area (Å²) in [5.41, 5.74) is 0. The number of urea groups is 1. The van der Waals surface area contributed by atoms with Gasteiger partial charge in [0.2, 0.25) is 0 Å². The van der Waals surface area contributed by atoms with Crippen molar-refractivity contribution in [3.05, 3.63) is 0 Å². The van der Waals surface area contributed by atoms with E-state index in [9.17, 15) is 4.79 Å². The number of hydrogen-bond acceptors (Lipinski definition) is 3. The van der Waals surface area contributed by atoms with E-state index in [-0.39, 0.29) is 6.03 Å². The van der Waals surface area contributed by atoms with Crippen LogP contribution in [-0.2, 0) is 0 Å². The standard InChI is InChI=1S/C11H22N2OS2/c1-3-15-13(16-4-2)11(14)12-10-8-6-5-7-9-10/h10H,3-9H2,1-2H3,(H,12,14). The van der Waals surface area contributed by atoms with Crippen LogP contribution in [-0.4, -0.2) is 27.3 Å². The summed E-state index contributed by atoms with van der Waals surface area (Å²) in [6, 6.07) is 0.476. The zero-order valence-corrected chi connectivity index (χ0v) is 11.8. The smallest absolute Gasteiger partial charge is 0.334 e. The third kappa shape index (κ3) is 4.87. The summed E-state index contributed by atoms with van der Waals surface area (Å²) < 4.78 is 1.79. The van der Waals surface area contributed by atoms with Gasteiger partial charge in [-0.15, -0.1) is 0 Å². The Bertz CT molecular complexity index is 202. The summed E-state index contributed by atoms with van der Waals surface area (Å²) in [7, 11) is 0. The average Bonchev–Trinajstić information content (AvgIpc) is 2.30. The Labute approximate surface area is 107 Å². The molecule has 1 N–H and O–H groups in total. The van der Waals surface area contributed by atoms with Crippen LogP contribution in [0.1, 0.15) is 46.0 Å². The summed E-state index contributed by atoms with van der Waals surface area (Å²) in [5.74, 6) is 1.87. The minimum Gasteiger partial charge on any atom is -0.334 e. The summed E-state index contributed by atoms with van der Waals surface area (Å²) in [5, 5.41) is 3.13. The summed E-state index contributed by atoms with van der Waals surface area (Å²) >= 11 is 3.16. The van der Waals surface area contributed by atoms with E-state index in [2.05, 4.69) is 19.2 Å². The normalized spacial score (nSPS) is 17.1. The number of hydrogen-bond donors (Lipinski definition) is 1. The molecule has 0 unspecified atom stereocenters. The molecule has 0 radical (unpaired) electrons. The third-order valence-corrected chi connectivity index (χ3v) is 4.54. The second kappa shape index (κ2) is 8.12. The number of nitrogens with one attached hydrogen (secondary N) is 1. The van der Waals surface area contributed by atoms with E-state index < -0.39 is 0 Å². The molecule has 0 bridgehead atoms. The van der Waals surface area contributed by atoms with Crippen LogP contribution in [0.5, 0.6) is 0 Å². The molecule has 0 atom stereocenters. The molecule has 0 spiro atoms. The van der Waals surface area contributed by atoms with Crippen molar-refractivity contribution in [3.8, 4) is 0 Å². The van der Waals surface area contributed by atoms with Crippen molar-refractivity contribution in [3.63, 3.8) is 0 Å². The van der Waals surface area contributed by atoms with E-state index in [4.69, 9.17) is 0 Å². The molecule has 1 aliphatic rings. The molecule has 1 fully saturated rings. The summed E-state index contributed by atoms with van der Waals surface area (Å²) in [4.78, 5) is 12.0. The third-order valence-electron chi connectivity index (χ3n) is 2.59. The highest BCUT2D eigenvalue weighted by Crippen LogP contribution is 2.23. The first-order chi connectivity index (χ1) is 7.77.